The minimum Gasteiger partial charge on any atom is -0.493 e. The van der Waals surface area contributed by atoms with Crippen LogP contribution in [-0.2, 0) is 17.6 Å². The largest absolute Gasteiger partial charge is 0.493 e. The molecular formula is C30H32N2O4. The van der Waals surface area contributed by atoms with Crippen molar-refractivity contribution in [2.75, 3.05) is 6.61 Å². The highest BCUT2D eigenvalue weighted by molar-refractivity contribution is 6.08. The molecule has 0 aliphatic carbocycles. The van der Waals surface area contributed by atoms with Crippen LogP contribution in [0.5, 0.6) is 5.75 Å². The first kappa shape index (κ1) is 26.7. The molecule has 6 heteroatoms. The topological polar surface area (TPSA) is 103 Å². The Morgan fingerprint density at radius 3 is 2.50 bits per heavy atom. The summed E-state index contributed by atoms with van der Waals surface area (Å²) in [5.74, 6) is 0.926. The third kappa shape index (κ3) is 5.81. The first-order chi connectivity index (χ1) is 17.1. The molecule has 1 aromatic heterocycles. The van der Waals surface area contributed by atoms with E-state index in [1.807, 2.05) is 18.3 Å². The summed E-state index contributed by atoms with van der Waals surface area (Å²) in [5.41, 5.74) is 7.43. The fourth-order valence-electron chi connectivity index (χ4n) is 4.53. The van der Waals surface area contributed by atoms with Gasteiger partial charge in [-0.1, -0.05) is 19.1 Å². The fraction of sp³-hybridized carbons (Fsp3) is 0.300. The summed E-state index contributed by atoms with van der Waals surface area (Å²) in [6.45, 7) is 10.1. The molecule has 1 aliphatic heterocycles. The van der Waals surface area contributed by atoms with Gasteiger partial charge in [-0.2, -0.15) is 5.26 Å². The van der Waals surface area contributed by atoms with E-state index in [0.29, 0.717) is 5.56 Å². The van der Waals surface area contributed by atoms with Crippen molar-refractivity contribution in [2.45, 2.75) is 53.1 Å². The lowest BCUT2D eigenvalue weighted by Gasteiger charge is -2.21. The number of aryl methyl sites for hydroxylation is 1. The summed E-state index contributed by atoms with van der Waals surface area (Å²) in [6.07, 6.45) is 3.76. The molecule has 0 saturated heterocycles. The van der Waals surface area contributed by atoms with Crippen LogP contribution in [0.2, 0.25) is 0 Å². The molecule has 186 valence electrons. The monoisotopic (exact) mass is 484 g/mol. The average molecular weight is 485 g/mol. The number of pyridine rings is 1. The Kier molecular flexibility index (Phi) is 8.29. The smallest absolute Gasteiger partial charge is 0.290 e. The van der Waals surface area contributed by atoms with E-state index in [-0.39, 0.29) is 6.47 Å². The normalized spacial score (nSPS) is 11.9. The second-order valence-electron chi connectivity index (χ2n) is 9.63. The van der Waals surface area contributed by atoms with Gasteiger partial charge in [0.2, 0.25) is 0 Å². The van der Waals surface area contributed by atoms with Gasteiger partial charge in [-0.15, -0.1) is 0 Å². The van der Waals surface area contributed by atoms with Gasteiger partial charge in [-0.05, 0) is 97.5 Å². The van der Waals surface area contributed by atoms with Crippen LogP contribution < -0.4 is 4.74 Å². The van der Waals surface area contributed by atoms with Gasteiger partial charge in [0, 0.05) is 23.6 Å². The number of benzene rings is 3. The van der Waals surface area contributed by atoms with Gasteiger partial charge >= 0.3 is 0 Å². The summed E-state index contributed by atoms with van der Waals surface area (Å²) in [6, 6.07) is 16.7. The fourth-order valence-corrected chi connectivity index (χ4v) is 4.53. The standard InChI is InChI=1S/C25H20N2O.C4H10O.CH2O2/c1-3-19-15(2)12-18-13-16(14-26)4-5-20(18)24(19)21-6-7-22-23-17(9-11-28-22)8-10-27-25(21)23;1-4(2,3)5;2-1-3/h4-8,10,12-13H,3,9,11H2,1-2H3;5H,1-3H3;1H,(H,2,3). The van der Waals surface area contributed by atoms with Crippen LogP contribution in [-0.4, -0.2) is 33.9 Å². The van der Waals surface area contributed by atoms with Crippen LogP contribution in [0, 0.1) is 18.3 Å². The molecule has 0 fully saturated rings. The highest BCUT2D eigenvalue weighted by Crippen LogP contribution is 2.42. The van der Waals surface area contributed by atoms with Gasteiger partial charge in [0.05, 0.1) is 29.4 Å². The Morgan fingerprint density at radius 2 is 1.86 bits per heavy atom. The first-order valence-electron chi connectivity index (χ1n) is 11.9. The predicted octanol–water partition coefficient (Wildman–Crippen LogP) is 6.21. The SMILES string of the molecule is CC(C)(C)O.CCc1c(C)cc2cc(C#N)ccc2c1-c1ccc2c3c(ccnc13)CCO2.O=CO. The lowest BCUT2D eigenvalue weighted by atomic mass is 9.86. The van der Waals surface area contributed by atoms with Crippen LogP contribution in [0.4, 0.5) is 0 Å². The predicted molar refractivity (Wildman–Crippen MR) is 143 cm³/mol. The van der Waals surface area contributed by atoms with Gasteiger partial charge in [-0.3, -0.25) is 9.78 Å². The van der Waals surface area contributed by atoms with Gasteiger partial charge in [0.15, 0.2) is 0 Å². The molecule has 3 aromatic carbocycles. The lowest BCUT2D eigenvalue weighted by molar-refractivity contribution is -0.122. The van der Waals surface area contributed by atoms with Crippen LogP contribution in [0.25, 0.3) is 32.8 Å². The van der Waals surface area contributed by atoms with E-state index in [2.05, 4.69) is 50.2 Å². The number of fused-ring (bicyclic) bond motifs is 1. The van der Waals surface area contributed by atoms with Gasteiger partial charge < -0.3 is 14.9 Å². The Bertz CT molecular complexity index is 1430. The van der Waals surface area contributed by atoms with Crippen molar-refractivity contribution in [3.63, 3.8) is 0 Å². The molecule has 6 nitrogen and oxygen atoms in total. The van der Waals surface area contributed by atoms with E-state index < -0.39 is 5.60 Å². The van der Waals surface area contributed by atoms with Gasteiger partial charge in [0.1, 0.15) is 5.75 Å². The zero-order valence-electron chi connectivity index (χ0n) is 21.4. The number of nitriles is 1. The maximum absolute atomic E-state index is 9.32. The second kappa shape index (κ2) is 11.2. The van der Waals surface area contributed by atoms with Gasteiger partial charge in [0.25, 0.3) is 6.47 Å². The summed E-state index contributed by atoms with van der Waals surface area (Å²) < 4.78 is 5.91. The minimum absolute atomic E-state index is 0.250. The van der Waals surface area contributed by atoms with Crippen molar-refractivity contribution in [3.8, 4) is 22.9 Å². The van der Waals surface area contributed by atoms with Crippen molar-refractivity contribution in [1.82, 2.24) is 4.98 Å². The third-order valence-corrected chi connectivity index (χ3v) is 5.79. The minimum atomic E-state index is -0.500. The number of hydrogen-bond donors (Lipinski definition) is 2. The molecule has 0 spiro atoms. The molecule has 5 rings (SSSR count). The molecule has 1 aliphatic rings. The molecule has 0 saturated carbocycles. The molecule has 0 amide bonds. The summed E-state index contributed by atoms with van der Waals surface area (Å²) in [4.78, 5) is 13.1. The van der Waals surface area contributed by atoms with Crippen LogP contribution in [0.1, 0.15) is 49.9 Å². The molecule has 0 radical (unpaired) electrons. The molecular weight excluding hydrogens is 452 g/mol. The van der Waals surface area contributed by atoms with E-state index in [9.17, 15) is 5.26 Å². The van der Waals surface area contributed by atoms with Crippen molar-refractivity contribution in [3.05, 3.63) is 70.9 Å². The van der Waals surface area contributed by atoms with Crippen molar-refractivity contribution >= 4 is 28.1 Å². The summed E-state index contributed by atoms with van der Waals surface area (Å²) in [5, 5.41) is 28.1. The maximum Gasteiger partial charge on any atom is 0.290 e. The number of nitrogens with zero attached hydrogens (tertiary/aromatic N) is 2. The highest BCUT2D eigenvalue weighted by Gasteiger charge is 2.20. The molecule has 0 atom stereocenters. The number of carboxylic acid groups (broad SMARTS) is 1. The third-order valence-electron chi connectivity index (χ3n) is 5.79. The van der Waals surface area contributed by atoms with Crippen LogP contribution in [0.15, 0.2) is 48.7 Å². The van der Waals surface area contributed by atoms with Gasteiger partial charge in [-0.25, -0.2) is 0 Å². The molecule has 0 unspecified atom stereocenters. The molecule has 0 bridgehead atoms. The van der Waals surface area contributed by atoms with E-state index in [4.69, 9.17) is 24.7 Å². The number of ether oxygens (including phenoxy) is 1. The van der Waals surface area contributed by atoms with E-state index in [0.717, 1.165) is 47.1 Å². The number of hydrogen-bond acceptors (Lipinski definition) is 5. The first-order valence-corrected chi connectivity index (χ1v) is 11.9. The number of aliphatic hydroxyl groups is 1. The zero-order valence-corrected chi connectivity index (χ0v) is 21.4. The summed E-state index contributed by atoms with van der Waals surface area (Å²) in [7, 11) is 0. The van der Waals surface area contributed by atoms with E-state index in [1.54, 1.807) is 20.8 Å². The summed E-state index contributed by atoms with van der Waals surface area (Å²) >= 11 is 0. The molecule has 36 heavy (non-hydrogen) atoms. The van der Waals surface area contributed by atoms with Crippen molar-refractivity contribution in [1.29, 1.82) is 5.26 Å². The molecule has 2 N–H and O–H groups in total. The van der Waals surface area contributed by atoms with E-state index >= 15 is 0 Å². The Balaban J connectivity index is 0.000000398. The zero-order chi connectivity index (χ0) is 26.5. The quantitative estimate of drug-likeness (QED) is 0.328. The van der Waals surface area contributed by atoms with Crippen LogP contribution in [0.3, 0.4) is 0 Å². The molecule has 2 heterocycles. The molecule has 4 aromatic rings. The maximum atomic E-state index is 9.32. The number of aromatic nitrogens is 1. The van der Waals surface area contributed by atoms with Crippen molar-refractivity contribution < 1.29 is 19.7 Å². The van der Waals surface area contributed by atoms with E-state index in [1.165, 1.54) is 27.6 Å². The number of rotatable bonds is 2. The Labute approximate surface area is 211 Å². The van der Waals surface area contributed by atoms with Crippen molar-refractivity contribution in [2.24, 2.45) is 0 Å². The second-order valence-corrected chi connectivity index (χ2v) is 9.63. The van der Waals surface area contributed by atoms with Crippen LogP contribution >= 0.6 is 0 Å². The highest BCUT2D eigenvalue weighted by atomic mass is 16.5. The average Bonchev–Trinajstić information content (AvgIpc) is 2.83. The number of carbonyl (C=O) groups is 1. The Morgan fingerprint density at radius 1 is 1.17 bits per heavy atom. The Hall–Kier alpha value is -3.95. The lowest BCUT2D eigenvalue weighted by Crippen LogP contribution is -2.10.